The summed E-state index contributed by atoms with van der Waals surface area (Å²) in [5, 5.41) is 2.45. The van der Waals surface area contributed by atoms with E-state index < -0.39 is 23.5 Å². The molecule has 20 heavy (non-hydrogen) atoms. The maximum absolute atomic E-state index is 13.3. The van der Waals surface area contributed by atoms with Crippen LogP contribution in [0, 0.1) is 11.6 Å². The molecule has 3 nitrogen and oxygen atoms in total. The topological polar surface area (TPSA) is 37.8 Å². The van der Waals surface area contributed by atoms with E-state index >= 15 is 0 Å². The molecule has 1 heterocycles. The lowest BCUT2D eigenvalue weighted by molar-refractivity contribution is -0.141. The number of alkyl halides is 3. The molecule has 0 aliphatic heterocycles. The Morgan fingerprint density at radius 3 is 2.50 bits per heavy atom. The molecular formula is C12H8F5N3. The Labute approximate surface area is 110 Å². The van der Waals surface area contributed by atoms with Crippen LogP contribution in [0.2, 0.25) is 0 Å². The van der Waals surface area contributed by atoms with Crippen LogP contribution in [0.1, 0.15) is 11.3 Å². The molecule has 0 radical (unpaired) electrons. The standard InChI is InChI=1S/C12H8F5N3/c13-8-2-1-7(9(14)5-8)6-19-11-18-4-3-10(20-11)12(15,16)17/h1-5H,6H2,(H,18,19,20). The molecule has 0 unspecified atom stereocenters. The van der Waals surface area contributed by atoms with Gasteiger partial charge in [0.1, 0.15) is 17.3 Å². The molecule has 0 aliphatic carbocycles. The predicted octanol–water partition coefficient (Wildman–Crippen LogP) is 3.39. The van der Waals surface area contributed by atoms with Gasteiger partial charge in [-0.1, -0.05) is 6.07 Å². The number of rotatable bonds is 3. The van der Waals surface area contributed by atoms with Gasteiger partial charge in [-0.15, -0.1) is 0 Å². The van der Waals surface area contributed by atoms with E-state index in [9.17, 15) is 22.0 Å². The highest BCUT2D eigenvalue weighted by molar-refractivity contribution is 5.29. The Balaban J connectivity index is 2.11. The highest BCUT2D eigenvalue weighted by atomic mass is 19.4. The first-order valence-electron chi connectivity index (χ1n) is 5.44. The third-order valence-corrected chi connectivity index (χ3v) is 2.40. The molecule has 0 saturated heterocycles. The Morgan fingerprint density at radius 1 is 1.10 bits per heavy atom. The quantitative estimate of drug-likeness (QED) is 0.880. The number of anilines is 1. The minimum absolute atomic E-state index is 0.0902. The van der Waals surface area contributed by atoms with E-state index in [4.69, 9.17) is 0 Å². The van der Waals surface area contributed by atoms with Crippen molar-refractivity contribution in [2.45, 2.75) is 12.7 Å². The Hall–Kier alpha value is -2.25. The number of nitrogens with one attached hydrogen (secondary N) is 1. The first kappa shape index (κ1) is 14.2. The zero-order valence-electron chi connectivity index (χ0n) is 9.88. The maximum Gasteiger partial charge on any atom is 0.433 e. The normalized spacial score (nSPS) is 11.4. The van der Waals surface area contributed by atoms with Gasteiger partial charge in [-0.3, -0.25) is 0 Å². The fraction of sp³-hybridized carbons (Fsp3) is 0.167. The van der Waals surface area contributed by atoms with Crippen LogP contribution in [0.4, 0.5) is 27.9 Å². The van der Waals surface area contributed by atoms with Crippen LogP contribution in [0.5, 0.6) is 0 Å². The molecule has 0 bridgehead atoms. The molecule has 106 valence electrons. The minimum Gasteiger partial charge on any atom is -0.350 e. The van der Waals surface area contributed by atoms with Gasteiger partial charge in [-0.2, -0.15) is 13.2 Å². The Kier molecular flexibility index (Phi) is 3.82. The second-order valence-corrected chi connectivity index (χ2v) is 3.85. The van der Waals surface area contributed by atoms with Crippen molar-refractivity contribution in [3.63, 3.8) is 0 Å². The summed E-state index contributed by atoms with van der Waals surface area (Å²) in [6.45, 7) is -0.159. The first-order chi connectivity index (χ1) is 9.36. The number of hydrogen-bond donors (Lipinski definition) is 1. The maximum atomic E-state index is 13.3. The van der Waals surface area contributed by atoms with Gasteiger partial charge in [0, 0.05) is 24.4 Å². The van der Waals surface area contributed by atoms with E-state index in [1.54, 1.807) is 0 Å². The second-order valence-electron chi connectivity index (χ2n) is 3.85. The van der Waals surface area contributed by atoms with Crippen molar-refractivity contribution in [2.75, 3.05) is 5.32 Å². The van der Waals surface area contributed by atoms with Crippen LogP contribution >= 0.6 is 0 Å². The van der Waals surface area contributed by atoms with Gasteiger partial charge in [-0.05, 0) is 12.1 Å². The van der Waals surface area contributed by atoms with E-state index in [1.807, 2.05) is 0 Å². The van der Waals surface area contributed by atoms with E-state index in [1.165, 1.54) is 6.07 Å². The van der Waals surface area contributed by atoms with Crippen LogP contribution in [0.3, 0.4) is 0 Å². The summed E-state index contributed by atoms with van der Waals surface area (Å²) in [4.78, 5) is 6.86. The highest BCUT2D eigenvalue weighted by Crippen LogP contribution is 2.27. The van der Waals surface area contributed by atoms with Gasteiger partial charge in [0.05, 0.1) is 0 Å². The Morgan fingerprint density at radius 2 is 1.85 bits per heavy atom. The fourth-order valence-electron chi connectivity index (χ4n) is 1.44. The third-order valence-electron chi connectivity index (χ3n) is 2.40. The summed E-state index contributed by atoms with van der Waals surface area (Å²) in [6.07, 6.45) is -3.64. The van der Waals surface area contributed by atoms with Gasteiger partial charge >= 0.3 is 6.18 Å². The molecular weight excluding hydrogens is 281 g/mol. The van der Waals surface area contributed by atoms with Gasteiger partial charge in [-0.25, -0.2) is 18.7 Å². The molecule has 0 saturated carbocycles. The van der Waals surface area contributed by atoms with Crippen LogP contribution < -0.4 is 5.32 Å². The monoisotopic (exact) mass is 289 g/mol. The molecule has 0 spiro atoms. The van der Waals surface area contributed by atoms with Gasteiger partial charge in [0.15, 0.2) is 0 Å². The lowest BCUT2D eigenvalue weighted by Crippen LogP contribution is -2.12. The molecule has 2 rings (SSSR count). The molecule has 1 aromatic carbocycles. The van der Waals surface area contributed by atoms with E-state index in [2.05, 4.69) is 15.3 Å². The fourth-order valence-corrected chi connectivity index (χ4v) is 1.44. The average molecular weight is 289 g/mol. The highest BCUT2D eigenvalue weighted by Gasteiger charge is 2.32. The molecule has 1 N–H and O–H groups in total. The summed E-state index contributed by atoms with van der Waals surface area (Å²) >= 11 is 0. The zero-order chi connectivity index (χ0) is 14.8. The number of nitrogens with zero attached hydrogens (tertiary/aromatic N) is 2. The van der Waals surface area contributed by atoms with Crippen molar-refractivity contribution < 1.29 is 22.0 Å². The van der Waals surface area contributed by atoms with Crippen molar-refractivity contribution in [1.82, 2.24) is 9.97 Å². The molecule has 1 aromatic heterocycles. The number of hydrogen-bond acceptors (Lipinski definition) is 3. The molecule has 2 aromatic rings. The van der Waals surface area contributed by atoms with Crippen molar-refractivity contribution in [3.05, 3.63) is 53.4 Å². The summed E-state index contributed by atoms with van der Waals surface area (Å²) in [5.41, 5.74) is -1.01. The molecule has 8 heteroatoms. The Bertz CT molecular complexity index is 612. The predicted molar refractivity (Wildman–Crippen MR) is 60.7 cm³/mol. The zero-order valence-corrected chi connectivity index (χ0v) is 9.88. The lowest BCUT2D eigenvalue weighted by Gasteiger charge is -2.09. The van der Waals surface area contributed by atoms with Gasteiger partial charge < -0.3 is 5.32 Å². The largest absolute Gasteiger partial charge is 0.433 e. The van der Waals surface area contributed by atoms with Crippen molar-refractivity contribution in [1.29, 1.82) is 0 Å². The van der Waals surface area contributed by atoms with E-state index in [0.29, 0.717) is 6.07 Å². The third kappa shape index (κ3) is 3.40. The van der Waals surface area contributed by atoms with Gasteiger partial charge in [0.25, 0.3) is 0 Å². The molecule has 0 amide bonds. The van der Waals surface area contributed by atoms with E-state index in [0.717, 1.165) is 18.3 Å². The van der Waals surface area contributed by atoms with Crippen LogP contribution in [-0.2, 0) is 12.7 Å². The van der Waals surface area contributed by atoms with Gasteiger partial charge in [0.2, 0.25) is 5.95 Å². The first-order valence-corrected chi connectivity index (χ1v) is 5.44. The molecule has 0 aliphatic rings. The van der Waals surface area contributed by atoms with Crippen LogP contribution in [0.15, 0.2) is 30.5 Å². The number of benzene rings is 1. The number of aromatic nitrogens is 2. The molecule has 0 atom stereocenters. The average Bonchev–Trinajstić information content (AvgIpc) is 2.37. The minimum atomic E-state index is -4.58. The van der Waals surface area contributed by atoms with Crippen LogP contribution in [0.25, 0.3) is 0 Å². The summed E-state index contributed by atoms with van der Waals surface area (Å²) < 4.78 is 63.3. The molecule has 0 fully saturated rings. The SMILES string of the molecule is Fc1ccc(CNc2nccc(C(F)(F)F)n2)c(F)c1. The smallest absolute Gasteiger partial charge is 0.350 e. The summed E-state index contributed by atoms with van der Waals surface area (Å²) in [7, 11) is 0. The van der Waals surface area contributed by atoms with E-state index in [-0.39, 0.29) is 18.1 Å². The van der Waals surface area contributed by atoms with Crippen molar-refractivity contribution >= 4 is 5.95 Å². The summed E-state index contributed by atoms with van der Waals surface area (Å²) in [5.74, 6) is -1.82. The number of halogens is 5. The van der Waals surface area contributed by atoms with Crippen LogP contribution in [-0.4, -0.2) is 9.97 Å². The van der Waals surface area contributed by atoms with Crippen molar-refractivity contribution in [3.8, 4) is 0 Å². The summed E-state index contributed by atoms with van der Waals surface area (Å²) in [6, 6.07) is 3.64. The lowest BCUT2D eigenvalue weighted by atomic mass is 10.2. The second kappa shape index (κ2) is 5.40. The van der Waals surface area contributed by atoms with Crippen molar-refractivity contribution in [2.24, 2.45) is 0 Å².